The fourth-order valence-corrected chi connectivity index (χ4v) is 13.8. The first-order chi connectivity index (χ1) is 28.1. The second-order valence-electron chi connectivity index (χ2n) is 16.2. The average molecular weight is 837 g/mol. The fourth-order valence-electron chi connectivity index (χ4n) is 8.63. The van der Waals surface area contributed by atoms with E-state index >= 15 is 0 Å². The lowest BCUT2D eigenvalue weighted by Crippen LogP contribution is -2.23. The fraction of sp³-hybridized carbons (Fsp3) is 0.231. The highest BCUT2D eigenvalue weighted by molar-refractivity contribution is 8.01. The van der Waals surface area contributed by atoms with Crippen molar-refractivity contribution in [3.8, 4) is 0 Å². The van der Waals surface area contributed by atoms with Gasteiger partial charge in [0, 0.05) is 32.9 Å². The van der Waals surface area contributed by atoms with Gasteiger partial charge in [-0.1, -0.05) is 131 Å². The molecule has 0 unspecified atom stereocenters. The van der Waals surface area contributed by atoms with Crippen LogP contribution in [0.1, 0.15) is 108 Å². The molecule has 6 nitrogen and oxygen atoms in total. The molecule has 308 valence electrons. The molecule has 0 atom stereocenters. The van der Waals surface area contributed by atoms with Crippen LogP contribution in [0.3, 0.4) is 0 Å². The zero-order valence-electron chi connectivity index (χ0n) is 36.7. The van der Waals surface area contributed by atoms with Crippen LogP contribution in [-0.4, -0.2) is 22.1 Å². The zero-order valence-corrected chi connectivity index (χ0v) is 38.5. The molecule has 0 aliphatic heterocycles. The number of aryl methyl sites for hydroxylation is 12. The maximum atomic E-state index is 14.5. The Hall–Kier alpha value is -5.54. The molecule has 0 aliphatic rings. The molecular weight excluding hydrogens is 783 g/mol. The molecule has 6 aromatic rings. The topological polar surface area (TPSA) is 102 Å². The SMILES string of the molecule is Cc1cc(C)c(C(=O)P(=O)(C(=O)c2c(C)cc(C)cc2C)c2ccccc2)c(C)c1.Cc1cc(C)c(C(=O)P(=O)(C(=O)c2c(C)cc(C)cc2C)c2ccccc2)c(C)c1. The number of benzene rings is 6. The molecule has 8 heteroatoms. The Morgan fingerprint density at radius 2 is 0.467 bits per heavy atom. The predicted molar refractivity (Wildman–Crippen MR) is 247 cm³/mol. The Balaban J connectivity index is 0.000000228. The molecule has 0 aromatic heterocycles. The second kappa shape index (κ2) is 18.0. The van der Waals surface area contributed by atoms with E-state index in [2.05, 4.69) is 0 Å². The number of rotatable bonds is 10. The summed E-state index contributed by atoms with van der Waals surface area (Å²) in [5.74, 6) is 0. The Labute approximate surface area is 355 Å². The number of hydrogen-bond acceptors (Lipinski definition) is 6. The summed E-state index contributed by atoms with van der Waals surface area (Å²) in [6.07, 6.45) is 0. The van der Waals surface area contributed by atoms with Gasteiger partial charge in [-0.2, -0.15) is 0 Å². The molecule has 0 heterocycles. The third kappa shape index (κ3) is 8.69. The zero-order chi connectivity index (χ0) is 44.4. The van der Waals surface area contributed by atoms with E-state index in [1.807, 2.05) is 132 Å². The van der Waals surface area contributed by atoms with Crippen LogP contribution < -0.4 is 10.6 Å². The minimum absolute atomic E-state index is 0.277. The third-order valence-electron chi connectivity index (χ3n) is 10.9. The first-order valence-electron chi connectivity index (χ1n) is 20.0. The Bertz CT molecular complexity index is 2370. The van der Waals surface area contributed by atoms with E-state index in [1.165, 1.54) is 0 Å². The van der Waals surface area contributed by atoms with Crippen molar-refractivity contribution in [2.24, 2.45) is 0 Å². The van der Waals surface area contributed by atoms with Crippen LogP contribution >= 0.6 is 14.3 Å². The highest BCUT2D eigenvalue weighted by Gasteiger charge is 2.46. The normalized spacial score (nSPS) is 11.4. The average Bonchev–Trinajstić information content (AvgIpc) is 3.16. The molecule has 0 spiro atoms. The maximum Gasteiger partial charge on any atom is 0.248 e. The van der Waals surface area contributed by atoms with Crippen LogP contribution in [0.5, 0.6) is 0 Å². The van der Waals surface area contributed by atoms with Crippen molar-refractivity contribution in [1.82, 2.24) is 0 Å². The van der Waals surface area contributed by atoms with E-state index in [-0.39, 0.29) is 10.6 Å². The minimum atomic E-state index is -4.11. The summed E-state index contributed by atoms with van der Waals surface area (Å²) in [4.78, 5) is 55.4. The summed E-state index contributed by atoms with van der Waals surface area (Å²) in [6.45, 7) is 22.4. The van der Waals surface area contributed by atoms with E-state index < -0.39 is 36.4 Å². The van der Waals surface area contributed by atoms with Gasteiger partial charge in [0.05, 0.1) is 0 Å². The monoisotopic (exact) mass is 836 g/mol. The predicted octanol–water partition coefficient (Wildman–Crippen LogP) is 12.4. The third-order valence-corrected chi connectivity index (χ3v) is 16.2. The van der Waals surface area contributed by atoms with Gasteiger partial charge in [-0.25, -0.2) is 0 Å². The molecule has 0 saturated heterocycles. The van der Waals surface area contributed by atoms with Gasteiger partial charge in [0.1, 0.15) is 0 Å². The number of carbonyl (C=O) groups is 4. The second-order valence-corrected chi connectivity index (χ2v) is 21.3. The molecule has 0 N–H and O–H groups in total. The van der Waals surface area contributed by atoms with Gasteiger partial charge in [0.15, 0.2) is 0 Å². The van der Waals surface area contributed by atoms with E-state index in [1.54, 1.807) is 60.7 Å². The van der Waals surface area contributed by atoms with E-state index in [4.69, 9.17) is 0 Å². The smallest absolute Gasteiger partial charge is 0.248 e. The van der Waals surface area contributed by atoms with Gasteiger partial charge in [-0.3, -0.25) is 19.2 Å². The van der Waals surface area contributed by atoms with E-state index in [0.29, 0.717) is 22.3 Å². The van der Waals surface area contributed by atoms with Crippen molar-refractivity contribution in [1.29, 1.82) is 0 Å². The van der Waals surface area contributed by atoms with Crippen LogP contribution in [-0.2, 0) is 9.13 Å². The highest BCUT2D eigenvalue weighted by Crippen LogP contribution is 2.54. The lowest BCUT2D eigenvalue weighted by molar-refractivity contribution is 0.102. The molecule has 0 bridgehead atoms. The summed E-state index contributed by atoms with van der Waals surface area (Å²) in [7, 11) is -8.23. The van der Waals surface area contributed by atoms with Crippen molar-refractivity contribution in [2.75, 3.05) is 0 Å². The summed E-state index contributed by atoms with van der Waals surface area (Å²) < 4.78 is 29.0. The Kier molecular flexibility index (Phi) is 13.6. The first kappa shape index (κ1) is 45.5. The van der Waals surface area contributed by atoms with Crippen molar-refractivity contribution < 1.29 is 28.3 Å². The minimum Gasteiger partial charge on any atom is -0.302 e. The van der Waals surface area contributed by atoms with Crippen LogP contribution in [0.4, 0.5) is 0 Å². The molecule has 60 heavy (non-hydrogen) atoms. The summed E-state index contributed by atoms with van der Waals surface area (Å²) in [5, 5.41) is 0.553. The Morgan fingerprint density at radius 3 is 0.633 bits per heavy atom. The molecular formula is C52H54O6P2. The largest absolute Gasteiger partial charge is 0.302 e. The van der Waals surface area contributed by atoms with Crippen molar-refractivity contribution >= 4 is 47.0 Å². The van der Waals surface area contributed by atoms with Gasteiger partial charge < -0.3 is 9.13 Å². The van der Waals surface area contributed by atoms with Gasteiger partial charge in [0.25, 0.3) is 0 Å². The molecule has 6 rings (SSSR count). The standard InChI is InChI=1S/2C26H27O3P/c2*1-16-12-18(3)23(19(4)13-16)25(27)30(29,22-10-8-7-9-11-22)26(28)24-20(5)14-17(2)15-21(24)6/h2*7-15H,1-6H3. The van der Waals surface area contributed by atoms with E-state index in [0.717, 1.165) is 66.8 Å². The number of carbonyl (C=O) groups excluding carboxylic acids is 4. The molecule has 0 saturated carbocycles. The molecule has 0 amide bonds. The molecule has 6 aromatic carbocycles. The highest BCUT2D eigenvalue weighted by atomic mass is 31.2. The van der Waals surface area contributed by atoms with Gasteiger partial charge in [0.2, 0.25) is 36.4 Å². The van der Waals surface area contributed by atoms with E-state index in [9.17, 15) is 28.3 Å². The maximum absolute atomic E-state index is 14.5. The van der Waals surface area contributed by atoms with Crippen molar-refractivity contribution in [2.45, 2.75) is 83.1 Å². The Morgan fingerprint density at radius 1 is 0.300 bits per heavy atom. The lowest BCUT2D eigenvalue weighted by Gasteiger charge is -2.21. The van der Waals surface area contributed by atoms with Gasteiger partial charge in [-0.15, -0.1) is 0 Å². The summed E-state index contributed by atoms with van der Waals surface area (Å²) in [5.41, 5.74) is 9.12. The lowest BCUT2D eigenvalue weighted by atomic mass is 10.0. The van der Waals surface area contributed by atoms with Gasteiger partial charge in [-0.05, 0) is 128 Å². The summed E-state index contributed by atoms with van der Waals surface area (Å²) in [6, 6.07) is 32.0. The van der Waals surface area contributed by atoms with Crippen LogP contribution in [0.25, 0.3) is 0 Å². The van der Waals surface area contributed by atoms with Crippen LogP contribution in [0.15, 0.2) is 109 Å². The summed E-state index contributed by atoms with van der Waals surface area (Å²) >= 11 is 0. The quantitative estimate of drug-likeness (QED) is 0.127. The van der Waals surface area contributed by atoms with Gasteiger partial charge >= 0.3 is 0 Å². The molecule has 0 aliphatic carbocycles. The van der Waals surface area contributed by atoms with Crippen LogP contribution in [0.2, 0.25) is 0 Å². The first-order valence-corrected chi connectivity index (χ1v) is 23.4. The molecule has 0 radical (unpaired) electrons. The van der Waals surface area contributed by atoms with Crippen molar-refractivity contribution in [3.05, 3.63) is 198 Å². The van der Waals surface area contributed by atoms with Crippen LogP contribution in [0, 0.1) is 83.1 Å². The van der Waals surface area contributed by atoms with Crippen molar-refractivity contribution in [3.63, 3.8) is 0 Å². The number of hydrogen-bond donors (Lipinski definition) is 0. The molecule has 0 fully saturated rings.